The van der Waals surface area contributed by atoms with Crippen LogP contribution >= 0.6 is 0 Å². The van der Waals surface area contributed by atoms with Crippen molar-refractivity contribution < 1.29 is 27.9 Å². The van der Waals surface area contributed by atoms with Crippen molar-refractivity contribution in [2.75, 3.05) is 18.0 Å². The lowest BCUT2D eigenvalue weighted by atomic mass is 9.84. The van der Waals surface area contributed by atoms with Gasteiger partial charge in [-0.3, -0.25) is 10.1 Å². The van der Waals surface area contributed by atoms with Crippen molar-refractivity contribution in [3.05, 3.63) is 57.8 Å². The number of hydrogen-bond acceptors (Lipinski definition) is 6. The fourth-order valence-electron chi connectivity index (χ4n) is 3.28. The van der Waals surface area contributed by atoms with Gasteiger partial charge < -0.3 is 14.7 Å². The number of aryl methyl sites for hydroxylation is 1. The highest BCUT2D eigenvalue weighted by Gasteiger charge is 2.36. The Bertz CT molecular complexity index is 881. The Kier molecular flexibility index (Phi) is 5.16. The summed E-state index contributed by atoms with van der Waals surface area (Å²) < 4.78 is 41.2. The monoisotopic (exact) mass is 397 g/mol. The number of alkyl halides is 3. The van der Waals surface area contributed by atoms with Gasteiger partial charge >= 0.3 is 6.36 Å². The number of aliphatic hydroxyl groups is 1. The van der Waals surface area contributed by atoms with E-state index in [1.54, 1.807) is 19.1 Å². The van der Waals surface area contributed by atoms with Crippen molar-refractivity contribution in [2.24, 2.45) is 0 Å². The highest BCUT2D eigenvalue weighted by atomic mass is 19.4. The molecule has 0 saturated carbocycles. The van der Waals surface area contributed by atoms with Crippen LogP contribution < -0.4 is 9.64 Å². The van der Waals surface area contributed by atoms with E-state index in [0.29, 0.717) is 30.0 Å². The van der Waals surface area contributed by atoms with Crippen LogP contribution in [0, 0.1) is 17.0 Å². The largest absolute Gasteiger partial charge is 0.573 e. The highest BCUT2D eigenvalue weighted by molar-refractivity contribution is 5.49. The van der Waals surface area contributed by atoms with Gasteiger partial charge in [0.15, 0.2) is 0 Å². The van der Waals surface area contributed by atoms with Crippen molar-refractivity contribution >= 4 is 11.5 Å². The Labute approximate surface area is 158 Å². The number of halogens is 3. The molecule has 1 N–H and O–H groups in total. The SMILES string of the molecule is Cc1cc(N2CCC(O)(c3cccc(OC(F)(F)F)c3)CC2)ncc1[N+](=O)[O-]. The molecule has 2 aromatic rings. The molecule has 3 rings (SSSR count). The van der Waals surface area contributed by atoms with Crippen molar-refractivity contribution in [3.63, 3.8) is 0 Å². The molecule has 28 heavy (non-hydrogen) atoms. The molecule has 0 unspecified atom stereocenters. The molecule has 0 atom stereocenters. The summed E-state index contributed by atoms with van der Waals surface area (Å²) in [5.41, 5.74) is -0.537. The van der Waals surface area contributed by atoms with Gasteiger partial charge in [-0.05, 0) is 43.5 Å². The van der Waals surface area contributed by atoms with E-state index >= 15 is 0 Å². The Morgan fingerprint density at radius 2 is 1.96 bits per heavy atom. The first-order valence-corrected chi connectivity index (χ1v) is 8.52. The van der Waals surface area contributed by atoms with Gasteiger partial charge in [0, 0.05) is 18.7 Å². The van der Waals surface area contributed by atoms with Gasteiger partial charge in [0.25, 0.3) is 5.69 Å². The number of pyridine rings is 1. The van der Waals surface area contributed by atoms with Crippen LogP contribution in [0.4, 0.5) is 24.7 Å². The Morgan fingerprint density at radius 1 is 1.29 bits per heavy atom. The molecule has 1 aliphatic heterocycles. The highest BCUT2D eigenvalue weighted by Crippen LogP contribution is 2.36. The number of aromatic nitrogens is 1. The molecular formula is C18H18F3N3O4. The molecule has 150 valence electrons. The second kappa shape index (κ2) is 7.27. The van der Waals surface area contributed by atoms with E-state index in [0.717, 1.165) is 0 Å². The lowest BCUT2D eigenvalue weighted by Crippen LogP contribution is -2.43. The zero-order chi connectivity index (χ0) is 20.5. The van der Waals surface area contributed by atoms with Crippen LogP contribution in [-0.2, 0) is 5.60 Å². The van der Waals surface area contributed by atoms with Crippen LogP contribution in [0.15, 0.2) is 36.5 Å². The van der Waals surface area contributed by atoms with E-state index < -0.39 is 16.9 Å². The fraction of sp³-hybridized carbons (Fsp3) is 0.389. The fourth-order valence-corrected chi connectivity index (χ4v) is 3.28. The first-order valence-electron chi connectivity index (χ1n) is 8.52. The average molecular weight is 397 g/mol. The molecule has 1 fully saturated rings. The number of anilines is 1. The normalized spacial score (nSPS) is 16.7. The third-order valence-corrected chi connectivity index (χ3v) is 4.78. The van der Waals surface area contributed by atoms with Crippen LogP contribution in [-0.4, -0.2) is 34.5 Å². The summed E-state index contributed by atoms with van der Waals surface area (Å²) in [7, 11) is 0. The van der Waals surface area contributed by atoms with E-state index in [1.165, 1.54) is 24.4 Å². The van der Waals surface area contributed by atoms with Crippen molar-refractivity contribution in [3.8, 4) is 5.75 Å². The summed E-state index contributed by atoms with van der Waals surface area (Å²) in [4.78, 5) is 16.4. The van der Waals surface area contributed by atoms with E-state index in [1.807, 2.05) is 4.90 Å². The number of ether oxygens (including phenoxy) is 1. The predicted octanol–water partition coefficient (Wildman–Crippen LogP) is 3.68. The second-order valence-electron chi connectivity index (χ2n) is 6.68. The number of piperidine rings is 1. The lowest BCUT2D eigenvalue weighted by Gasteiger charge is -2.39. The summed E-state index contributed by atoms with van der Waals surface area (Å²) in [6.45, 7) is 2.41. The molecule has 0 bridgehead atoms. The predicted molar refractivity (Wildman–Crippen MR) is 94.1 cm³/mol. The first kappa shape index (κ1) is 19.9. The second-order valence-corrected chi connectivity index (χ2v) is 6.68. The molecule has 0 aliphatic carbocycles. The van der Waals surface area contributed by atoms with Crippen molar-refractivity contribution in [1.82, 2.24) is 4.98 Å². The van der Waals surface area contributed by atoms with Gasteiger partial charge in [0.2, 0.25) is 0 Å². The van der Waals surface area contributed by atoms with E-state index in [4.69, 9.17) is 0 Å². The van der Waals surface area contributed by atoms with Crippen LogP contribution in [0.5, 0.6) is 5.75 Å². The maximum absolute atomic E-state index is 12.4. The number of nitro groups is 1. The smallest absolute Gasteiger partial charge is 0.406 e. The standard InChI is InChI=1S/C18H18F3N3O4/c1-12-9-16(22-11-15(12)24(26)27)23-7-5-17(25,6-8-23)13-3-2-4-14(10-13)28-18(19,20)21/h2-4,9-11,25H,5-8H2,1H3. The maximum Gasteiger partial charge on any atom is 0.573 e. The first-order chi connectivity index (χ1) is 13.1. The molecule has 0 spiro atoms. The molecule has 1 aromatic carbocycles. The minimum absolute atomic E-state index is 0.0706. The Hall–Kier alpha value is -2.88. The van der Waals surface area contributed by atoms with Crippen molar-refractivity contribution in [2.45, 2.75) is 31.7 Å². The third-order valence-electron chi connectivity index (χ3n) is 4.78. The minimum Gasteiger partial charge on any atom is -0.406 e. The van der Waals surface area contributed by atoms with Crippen molar-refractivity contribution in [1.29, 1.82) is 0 Å². The summed E-state index contributed by atoms with van der Waals surface area (Å²) in [6, 6.07) is 6.95. The van der Waals surface area contributed by atoms with Crippen LogP contribution in [0.3, 0.4) is 0 Å². The van der Waals surface area contributed by atoms with Crippen LogP contribution in [0.2, 0.25) is 0 Å². The molecule has 1 aliphatic rings. The van der Waals surface area contributed by atoms with Gasteiger partial charge in [-0.15, -0.1) is 13.2 Å². The van der Waals surface area contributed by atoms with E-state index in [2.05, 4.69) is 9.72 Å². The Balaban J connectivity index is 1.73. The van der Waals surface area contributed by atoms with E-state index in [9.17, 15) is 28.4 Å². The molecule has 0 amide bonds. The zero-order valence-electron chi connectivity index (χ0n) is 14.9. The minimum atomic E-state index is -4.80. The number of hydrogen-bond donors (Lipinski definition) is 1. The number of benzene rings is 1. The quantitative estimate of drug-likeness (QED) is 0.625. The van der Waals surface area contributed by atoms with E-state index in [-0.39, 0.29) is 24.3 Å². The molecule has 1 saturated heterocycles. The maximum atomic E-state index is 12.4. The molecular weight excluding hydrogens is 379 g/mol. The van der Waals surface area contributed by atoms with Gasteiger partial charge in [0.1, 0.15) is 17.8 Å². The molecule has 0 radical (unpaired) electrons. The molecule has 1 aromatic heterocycles. The molecule has 10 heteroatoms. The summed E-state index contributed by atoms with van der Waals surface area (Å²) in [5, 5.41) is 21.8. The summed E-state index contributed by atoms with van der Waals surface area (Å²) in [6.07, 6.45) is -3.08. The van der Waals surface area contributed by atoms with Crippen LogP contribution in [0.25, 0.3) is 0 Å². The van der Waals surface area contributed by atoms with Crippen LogP contribution in [0.1, 0.15) is 24.0 Å². The number of nitrogens with zero attached hydrogens (tertiary/aromatic N) is 3. The summed E-state index contributed by atoms with van der Waals surface area (Å²) in [5.74, 6) is 0.174. The summed E-state index contributed by atoms with van der Waals surface area (Å²) >= 11 is 0. The Morgan fingerprint density at radius 3 is 2.54 bits per heavy atom. The topological polar surface area (TPSA) is 88.7 Å². The third kappa shape index (κ3) is 4.33. The molecule has 7 nitrogen and oxygen atoms in total. The van der Waals surface area contributed by atoms with Gasteiger partial charge in [-0.2, -0.15) is 0 Å². The van der Waals surface area contributed by atoms with Gasteiger partial charge in [0.05, 0.1) is 10.5 Å². The van der Waals surface area contributed by atoms with Gasteiger partial charge in [-0.25, -0.2) is 4.98 Å². The molecule has 2 heterocycles. The van der Waals surface area contributed by atoms with Gasteiger partial charge in [-0.1, -0.05) is 12.1 Å². The number of rotatable bonds is 4. The lowest BCUT2D eigenvalue weighted by molar-refractivity contribution is -0.385. The zero-order valence-corrected chi connectivity index (χ0v) is 14.9. The average Bonchev–Trinajstić information content (AvgIpc) is 2.61.